The molecule has 1 aromatic heterocycles. The predicted octanol–water partition coefficient (Wildman–Crippen LogP) is 3.04. The van der Waals surface area contributed by atoms with Crippen LogP contribution in [0.4, 0.5) is 0 Å². The maximum absolute atomic E-state index is 11.8. The fraction of sp³-hybridized carbons (Fsp3) is 0.111. The normalized spacial score (nSPS) is 10.5. The highest BCUT2D eigenvalue weighted by Gasteiger charge is 2.09. The van der Waals surface area contributed by atoms with Gasteiger partial charge in [-0.3, -0.25) is 9.36 Å². The molecular weight excluding hydrogens is 260 g/mol. The summed E-state index contributed by atoms with van der Waals surface area (Å²) in [5, 5.41) is 0. The minimum absolute atomic E-state index is 0.0467. The fourth-order valence-electron chi connectivity index (χ4n) is 2.43. The second-order valence-electron chi connectivity index (χ2n) is 4.99. The average Bonchev–Trinajstić information content (AvgIpc) is 2.52. The van der Waals surface area contributed by atoms with E-state index in [0.29, 0.717) is 5.82 Å². The van der Waals surface area contributed by atoms with Crippen LogP contribution in [-0.2, 0) is 13.5 Å². The maximum atomic E-state index is 11.8. The number of nitrogens with zero attached hydrogens (tertiary/aromatic N) is 2. The van der Waals surface area contributed by atoms with Crippen molar-refractivity contribution in [3.63, 3.8) is 0 Å². The minimum Gasteiger partial charge on any atom is -0.296 e. The summed E-state index contributed by atoms with van der Waals surface area (Å²) in [4.78, 5) is 16.2. The van der Waals surface area contributed by atoms with Crippen LogP contribution < -0.4 is 5.56 Å². The highest BCUT2D eigenvalue weighted by molar-refractivity contribution is 5.61. The molecule has 0 amide bonds. The Morgan fingerprint density at radius 2 is 1.67 bits per heavy atom. The molecule has 3 aromatic rings. The van der Waals surface area contributed by atoms with Crippen LogP contribution in [-0.4, -0.2) is 9.55 Å². The Balaban J connectivity index is 2.08. The first-order chi connectivity index (χ1) is 10.3. The predicted molar refractivity (Wildman–Crippen MR) is 84.2 cm³/mol. The Hall–Kier alpha value is -2.68. The van der Waals surface area contributed by atoms with Gasteiger partial charge in [-0.25, -0.2) is 4.98 Å². The summed E-state index contributed by atoms with van der Waals surface area (Å²) in [6.07, 6.45) is 2.39. The lowest BCUT2D eigenvalue weighted by Gasteiger charge is -2.11. The third-order valence-corrected chi connectivity index (χ3v) is 3.56. The Kier molecular flexibility index (Phi) is 3.65. The Morgan fingerprint density at radius 3 is 2.48 bits per heavy atom. The van der Waals surface area contributed by atoms with Gasteiger partial charge >= 0.3 is 0 Å². The molecule has 0 aliphatic carbocycles. The standard InChI is InChI=1S/C18H16N2O/c1-20-17(21)11-12-19-18(20)16-10-6-5-9-15(16)13-14-7-3-2-4-8-14/h2-12H,13H2,1H3. The molecule has 0 spiro atoms. The largest absolute Gasteiger partial charge is 0.296 e. The summed E-state index contributed by atoms with van der Waals surface area (Å²) in [5.74, 6) is 0.703. The zero-order valence-corrected chi connectivity index (χ0v) is 11.9. The number of rotatable bonds is 3. The summed E-state index contributed by atoms with van der Waals surface area (Å²) in [6.45, 7) is 0. The van der Waals surface area contributed by atoms with Gasteiger partial charge in [-0.1, -0.05) is 54.6 Å². The SMILES string of the molecule is Cn1c(-c2ccccc2Cc2ccccc2)nccc1=O. The van der Waals surface area contributed by atoms with Gasteiger partial charge in [0.15, 0.2) is 0 Å². The van der Waals surface area contributed by atoms with E-state index in [-0.39, 0.29) is 5.56 Å². The van der Waals surface area contributed by atoms with Crippen LogP contribution in [0.15, 0.2) is 71.7 Å². The maximum Gasteiger partial charge on any atom is 0.253 e. The molecule has 0 atom stereocenters. The zero-order chi connectivity index (χ0) is 14.7. The zero-order valence-electron chi connectivity index (χ0n) is 11.9. The third-order valence-electron chi connectivity index (χ3n) is 3.56. The average molecular weight is 276 g/mol. The van der Waals surface area contributed by atoms with Crippen LogP contribution in [0.2, 0.25) is 0 Å². The molecule has 0 unspecified atom stereocenters. The molecule has 3 nitrogen and oxygen atoms in total. The van der Waals surface area contributed by atoms with Crippen LogP contribution in [0, 0.1) is 0 Å². The molecule has 104 valence electrons. The van der Waals surface area contributed by atoms with E-state index >= 15 is 0 Å². The van der Waals surface area contributed by atoms with Crippen LogP contribution in [0.1, 0.15) is 11.1 Å². The molecule has 3 heteroatoms. The van der Waals surface area contributed by atoms with Crippen molar-refractivity contribution in [2.75, 3.05) is 0 Å². The third kappa shape index (κ3) is 2.77. The van der Waals surface area contributed by atoms with Gasteiger partial charge in [0.2, 0.25) is 0 Å². The van der Waals surface area contributed by atoms with Crippen LogP contribution in [0.25, 0.3) is 11.4 Å². The van der Waals surface area contributed by atoms with E-state index in [4.69, 9.17) is 0 Å². The van der Waals surface area contributed by atoms with Gasteiger partial charge in [0, 0.05) is 24.9 Å². The molecule has 0 N–H and O–H groups in total. The highest BCUT2D eigenvalue weighted by Crippen LogP contribution is 2.22. The summed E-state index contributed by atoms with van der Waals surface area (Å²) in [7, 11) is 1.75. The smallest absolute Gasteiger partial charge is 0.253 e. The quantitative estimate of drug-likeness (QED) is 0.737. The molecule has 0 saturated heterocycles. The Morgan fingerprint density at radius 1 is 0.952 bits per heavy atom. The Labute approximate surface area is 123 Å². The minimum atomic E-state index is -0.0467. The number of aromatic nitrogens is 2. The van der Waals surface area contributed by atoms with Crippen molar-refractivity contribution in [3.8, 4) is 11.4 Å². The molecule has 0 fully saturated rings. The van der Waals surface area contributed by atoms with E-state index in [1.165, 1.54) is 11.6 Å². The molecule has 0 radical (unpaired) electrons. The summed E-state index contributed by atoms with van der Waals surface area (Å²) in [5.41, 5.74) is 3.36. The molecule has 0 aliphatic rings. The van der Waals surface area contributed by atoms with E-state index in [1.54, 1.807) is 17.8 Å². The highest BCUT2D eigenvalue weighted by atomic mass is 16.1. The monoisotopic (exact) mass is 276 g/mol. The van der Waals surface area contributed by atoms with E-state index < -0.39 is 0 Å². The molecule has 1 heterocycles. The van der Waals surface area contributed by atoms with Gasteiger partial charge in [0.1, 0.15) is 5.82 Å². The molecule has 2 aromatic carbocycles. The molecule has 21 heavy (non-hydrogen) atoms. The van der Waals surface area contributed by atoms with E-state index in [9.17, 15) is 4.79 Å². The van der Waals surface area contributed by atoms with Gasteiger partial charge in [0.05, 0.1) is 0 Å². The number of hydrogen-bond donors (Lipinski definition) is 0. The van der Waals surface area contributed by atoms with Gasteiger partial charge in [-0.05, 0) is 17.5 Å². The van der Waals surface area contributed by atoms with Gasteiger partial charge in [-0.2, -0.15) is 0 Å². The Bertz CT molecular complexity index is 807. The summed E-state index contributed by atoms with van der Waals surface area (Å²) < 4.78 is 1.59. The lowest BCUT2D eigenvalue weighted by Crippen LogP contribution is -2.18. The van der Waals surface area contributed by atoms with E-state index in [2.05, 4.69) is 23.2 Å². The van der Waals surface area contributed by atoms with Crippen molar-refractivity contribution < 1.29 is 0 Å². The molecule has 3 rings (SSSR count). The van der Waals surface area contributed by atoms with Crippen molar-refractivity contribution in [1.29, 1.82) is 0 Å². The second-order valence-corrected chi connectivity index (χ2v) is 4.99. The van der Waals surface area contributed by atoms with Crippen LogP contribution in [0.3, 0.4) is 0 Å². The van der Waals surface area contributed by atoms with Gasteiger partial charge in [-0.15, -0.1) is 0 Å². The van der Waals surface area contributed by atoms with Crippen LogP contribution >= 0.6 is 0 Å². The fourth-order valence-corrected chi connectivity index (χ4v) is 2.43. The molecule has 0 aliphatic heterocycles. The summed E-state index contributed by atoms with van der Waals surface area (Å²) in [6, 6.07) is 19.9. The van der Waals surface area contributed by atoms with E-state index in [1.807, 2.05) is 36.4 Å². The van der Waals surface area contributed by atoms with Crippen molar-refractivity contribution in [3.05, 3.63) is 88.3 Å². The first-order valence-electron chi connectivity index (χ1n) is 6.90. The number of benzene rings is 2. The molecular formula is C18H16N2O. The lowest BCUT2D eigenvalue weighted by atomic mass is 9.99. The van der Waals surface area contributed by atoms with Crippen LogP contribution in [0.5, 0.6) is 0 Å². The van der Waals surface area contributed by atoms with Crippen molar-refractivity contribution in [2.24, 2.45) is 7.05 Å². The van der Waals surface area contributed by atoms with Gasteiger partial charge < -0.3 is 0 Å². The topological polar surface area (TPSA) is 34.9 Å². The number of hydrogen-bond acceptors (Lipinski definition) is 2. The van der Waals surface area contributed by atoms with Crippen molar-refractivity contribution >= 4 is 0 Å². The van der Waals surface area contributed by atoms with Gasteiger partial charge in [0.25, 0.3) is 5.56 Å². The van der Waals surface area contributed by atoms with E-state index in [0.717, 1.165) is 17.5 Å². The molecule has 0 saturated carbocycles. The lowest BCUT2D eigenvalue weighted by molar-refractivity contribution is 0.835. The van der Waals surface area contributed by atoms with Crippen molar-refractivity contribution in [1.82, 2.24) is 9.55 Å². The first-order valence-corrected chi connectivity index (χ1v) is 6.90. The van der Waals surface area contributed by atoms with Crippen molar-refractivity contribution in [2.45, 2.75) is 6.42 Å². The summed E-state index contributed by atoms with van der Waals surface area (Å²) >= 11 is 0. The second kappa shape index (κ2) is 5.75. The first kappa shape index (κ1) is 13.3. The molecule has 0 bridgehead atoms.